The first-order valence-corrected chi connectivity index (χ1v) is 9.12. The van der Waals surface area contributed by atoms with Crippen LogP contribution in [-0.4, -0.2) is 25.6 Å². The van der Waals surface area contributed by atoms with E-state index in [-0.39, 0.29) is 22.1 Å². The summed E-state index contributed by atoms with van der Waals surface area (Å²) in [6.45, 7) is 0. The number of carbonyl (C=O) groups is 1. The van der Waals surface area contributed by atoms with Gasteiger partial charge in [0.2, 0.25) is 0 Å². The molecule has 2 aromatic carbocycles. The van der Waals surface area contributed by atoms with Gasteiger partial charge in [0.05, 0.1) is 22.2 Å². The zero-order valence-electron chi connectivity index (χ0n) is 14.2. The Kier molecular flexibility index (Phi) is 5.21. The van der Waals surface area contributed by atoms with Gasteiger partial charge in [-0.1, -0.05) is 23.7 Å². The average molecular weight is 388 g/mol. The second-order valence-corrected chi connectivity index (χ2v) is 7.16. The molecule has 0 aromatic heterocycles. The molecule has 132 valence electrons. The Bertz CT molecular complexity index is 923. The van der Waals surface area contributed by atoms with E-state index in [2.05, 4.69) is 0 Å². The van der Waals surface area contributed by atoms with Crippen molar-refractivity contribution in [2.45, 2.75) is 4.90 Å². The molecule has 0 bridgehead atoms. The fraction of sp³-hybridized carbons (Fsp3) is 0.158. The van der Waals surface area contributed by atoms with Gasteiger partial charge in [0, 0.05) is 19.0 Å². The van der Waals surface area contributed by atoms with Gasteiger partial charge < -0.3 is 9.80 Å². The molecule has 4 nitrogen and oxygen atoms in total. The minimum Gasteiger partial charge on any atom is -0.328 e. The van der Waals surface area contributed by atoms with Crippen LogP contribution in [0.15, 0.2) is 58.8 Å². The Labute approximate surface area is 160 Å². The first-order chi connectivity index (χ1) is 12.4. The molecule has 0 amide bonds. The highest BCUT2D eigenvalue weighted by molar-refractivity contribution is 8.00. The van der Waals surface area contributed by atoms with E-state index in [0.29, 0.717) is 10.7 Å². The molecule has 0 radical (unpaired) electrons. The molecule has 0 atom stereocenters. The molecule has 0 unspecified atom stereocenters. The zero-order chi connectivity index (χ0) is 18.8. The molecule has 26 heavy (non-hydrogen) atoms. The Morgan fingerprint density at radius 2 is 1.81 bits per heavy atom. The van der Waals surface area contributed by atoms with Crippen molar-refractivity contribution in [2.75, 3.05) is 29.6 Å². The van der Waals surface area contributed by atoms with Crippen LogP contribution in [-0.2, 0) is 4.79 Å². The van der Waals surface area contributed by atoms with Crippen molar-refractivity contribution in [1.82, 2.24) is 0 Å². The molecular formula is C19H15ClFN3OS. The minimum absolute atomic E-state index is 0.00650. The van der Waals surface area contributed by atoms with Crippen molar-refractivity contribution >= 4 is 40.5 Å². The number of rotatable bonds is 4. The van der Waals surface area contributed by atoms with E-state index in [4.69, 9.17) is 11.6 Å². The molecule has 2 aromatic rings. The second kappa shape index (κ2) is 7.40. The molecule has 7 heteroatoms. The fourth-order valence-corrected chi connectivity index (χ4v) is 3.90. The van der Waals surface area contributed by atoms with Crippen LogP contribution in [0.4, 0.5) is 15.8 Å². The van der Waals surface area contributed by atoms with E-state index < -0.39 is 5.82 Å². The Balaban J connectivity index is 1.84. The van der Waals surface area contributed by atoms with Crippen LogP contribution in [0.2, 0.25) is 5.02 Å². The maximum Gasteiger partial charge on any atom is 0.187 e. The van der Waals surface area contributed by atoms with E-state index >= 15 is 0 Å². The minimum atomic E-state index is -0.505. The summed E-state index contributed by atoms with van der Waals surface area (Å²) in [4.78, 5) is 17.0. The van der Waals surface area contributed by atoms with E-state index in [1.54, 1.807) is 6.07 Å². The fourth-order valence-electron chi connectivity index (χ4n) is 2.84. The van der Waals surface area contributed by atoms with Crippen molar-refractivity contribution in [2.24, 2.45) is 0 Å². The summed E-state index contributed by atoms with van der Waals surface area (Å²) in [5.41, 5.74) is 1.96. The number of halogens is 2. The van der Waals surface area contributed by atoms with Gasteiger partial charge in [0.25, 0.3) is 0 Å². The predicted molar refractivity (Wildman–Crippen MR) is 103 cm³/mol. The standard InChI is InChI=1S/C19H15ClFN3OS/c1-23-16-5-3-4-6-17(16)24(2)19(23)13(10-22)18(25)11-26-12-7-8-15(21)14(20)9-12/h3-9H,11H2,1-2H3. The third kappa shape index (κ3) is 3.28. The second-order valence-electron chi connectivity index (χ2n) is 5.70. The number of fused-ring (bicyclic) bond motifs is 1. The summed E-state index contributed by atoms with van der Waals surface area (Å²) in [6.07, 6.45) is 0. The lowest BCUT2D eigenvalue weighted by molar-refractivity contribution is -0.112. The molecule has 0 saturated heterocycles. The lowest BCUT2D eigenvalue weighted by Crippen LogP contribution is -2.26. The number of carbonyl (C=O) groups excluding carboxylic acids is 1. The monoisotopic (exact) mass is 387 g/mol. The summed E-state index contributed by atoms with van der Waals surface area (Å²) in [5, 5.41) is 9.59. The first-order valence-electron chi connectivity index (χ1n) is 7.76. The molecule has 0 spiro atoms. The van der Waals surface area contributed by atoms with E-state index in [0.717, 1.165) is 11.4 Å². The number of allylic oxidation sites excluding steroid dienone is 1. The SMILES string of the molecule is CN1C(=C(C#N)C(=O)CSc2ccc(F)c(Cl)c2)N(C)c2ccccc21. The van der Waals surface area contributed by atoms with Crippen molar-refractivity contribution < 1.29 is 9.18 Å². The van der Waals surface area contributed by atoms with E-state index in [1.165, 1.54) is 23.9 Å². The molecule has 0 aliphatic carbocycles. The van der Waals surface area contributed by atoms with Crippen molar-refractivity contribution in [3.63, 3.8) is 0 Å². The third-order valence-corrected chi connectivity index (χ3v) is 5.40. The van der Waals surface area contributed by atoms with Crippen LogP contribution in [0.1, 0.15) is 0 Å². The number of nitriles is 1. The number of nitrogens with zero attached hydrogens (tertiary/aromatic N) is 3. The van der Waals surface area contributed by atoms with Crippen LogP contribution in [0.5, 0.6) is 0 Å². The highest BCUT2D eigenvalue weighted by Gasteiger charge is 2.31. The Hall–Kier alpha value is -2.49. The predicted octanol–water partition coefficient (Wildman–Crippen LogP) is 4.46. The van der Waals surface area contributed by atoms with Crippen LogP contribution >= 0.6 is 23.4 Å². The molecule has 0 N–H and O–H groups in total. The molecule has 1 aliphatic heterocycles. The highest BCUT2D eigenvalue weighted by Crippen LogP contribution is 2.40. The number of ketones is 1. The lowest BCUT2D eigenvalue weighted by Gasteiger charge is -2.19. The van der Waals surface area contributed by atoms with Crippen molar-refractivity contribution in [3.8, 4) is 6.07 Å². The van der Waals surface area contributed by atoms with E-state index in [9.17, 15) is 14.4 Å². The van der Waals surface area contributed by atoms with Crippen LogP contribution in [0.3, 0.4) is 0 Å². The van der Waals surface area contributed by atoms with Gasteiger partial charge in [-0.05, 0) is 30.3 Å². The molecule has 1 heterocycles. The molecule has 0 saturated carbocycles. The van der Waals surface area contributed by atoms with Gasteiger partial charge in [0.1, 0.15) is 23.3 Å². The smallest absolute Gasteiger partial charge is 0.187 e. The molecule has 0 fully saturated rings. The summed E-state index contributed by atoms with van der Waals surface area (Å²) in [5.74, 6) is -0.183. The Morgan fingerprint density at radius 3 is 2.35 bits per heavy atom. The number of hydrogen-bond acceptors (Lipinski definition) is 5. The summed E-state index contributed by atoms with van der Waals surface area (Å²) in [7, 11) is 3.66. The molecule has 1 aliphatic rings. The molecule has 3 rings (SSSR count). The van der Waals surface area contributed by atoms with Crippen LogP contribution in [0.25, 0.3) is 0 Å². The normalized spacial score (nSPS) is 12.8. The maximum atomic E-state index is 13.2. The summed E-state index contributed by atoms with van der Waals surface area (Å²) < 4.78 is 13.2. The summed E-state index contributed by atoms with van der Waals surface area (Å²) >= 11 is 6.98. The highest BCUT2D eigenvalue weighted by atomic mass is 35.5. The van der Waals surface area contributed by atoms with Crippen molar-refractivity contribution in [1.29, 1.82) is 5.26 Å². The van der Waals surface area contributed by atoms with E-state index in [1.807, 2.05) is 54.2 Å². The lowest BCUT2D eigenvalue weighted by atomic mass is 10.2. The number of benzene rings is 2. The topological polar surface area (TPSA) is 47.3 Å². The summed E-state index contributed by atoms with van der Waals surface area (Å²) in [6, 6.07) is 14.0. The largest absolute Gasteiger partial charge is 0.328 e. The zero-order valence-corrected chi connectivity index (χ0v) is 15.7. The number of para-hydroxylation sites is 2. The number of anilines is 2. The molecular weight excluding hydrogens is 373 g/mol. The average Bonchev–Trinajstić information content (AvgIpc) is 2.89. The van der Waals surface area contributed by atoms with Gasteiger partial charge in [-0.15, -0.1) is 11.8 Å². The number of thioether (sulfide) groups is 1. The quantitative estimate of drug-likeness (QED) is 0.440. The van der Waals surface area contributed by atoms with Crippen LogP contribution < -0.4 is 9.80 Å². The van der Waals surface area contributed by atoms with Gasteiger partial charge in [-0.3, -0.25) is 4.79 Å². The van der Waals surface area contributed by atoms with Gasteiger partial charge in [-0.25, -0.2) is 4.39 Å². The maximum absolute atomic E-state index is 13.2. The van der Waals surface area contributed by atoms with Gasteiger partial charge in [0.15, 0.2) is 5.78 Å². The van der Waals surface area contributed by atoms with Crippen LogP contribution in [0, 0.1) is 17.1 Å². The first kappa shape index (κ1) is 18.3. The number of hydrogen-bond donors (Lipinski definition) is 0. The van der Waals surface area contributed by atoms with Crippen molar-refractivity contribution in [3.05, 3.63) is 64.7 Å². The van der Waals surface area contributed by atoms with Gasteiger partial charge in [-0.2, -0.15) is 5.26 Å². The third-order valence-electron chi connectivity index (χ3n) is 4.12. The van der Waals surface area contributed by atoms with Gasteiger partial charge >= 0.3 is 0 Å². The number of Topliss-reactive ketones (excluding diaryl/α,β-unsaturated/α-hetero) is 1. The Morgan fingerprint density at radius 1 is 1.19 bits per heavy atom.